The van der Waals surface area contributed by atoms with Crippen molar-refractivity contribution in [3.05, 3.63) is 30.1 Å². The van der Waals surface area contributed by atoms with Crippen molar-refractivity contribution in [3.8, 4) is 17.7 Å². The standard InChI is InChI=1S/C29H41N7O5/c1-29(2,3)41-28(38)36-17-9-12-23(36)26(37)32-14-8-6-7-11-21-20-33-27(35-25(21)31-15-10-18-39-4)34-22-13-16-30-24(19-22)40-5/h13,16,19-20,23H,6,8-10,12,14-15,17-18H2,1-5H3,(H,32,37)(H2,30,31,33,34,35)/t23-/m0/s1. The molecular formula is C29H41N7O5. The summed E-state index contributed by atoms with van der Waals surface area (Å²) in [5.74, 6) is 7.64. The molecule has 0 aliphatic carbocycles. The van der Waals surface area contributed by atoms with Gasteiger partial charge in [-0.25, -0.2) is 14.8 Å². The Hall–Kier alpha value is -4.11. The van der Waals surface area contributed by atoms with Crippen molar-refractivity contribution in [1.29, 1.82) is 0 Å². The summed E-state index contributed by atoms with van der Waals surface area (Å²) >= 11 is 0. The zero-order valence-corrected chi connectivity index (χ0v) is 24.6. The third-order valence-corrected chi connectivity index (χ3v) is 5.99. The quantitative estimate of drug-likeness (QED) is 0.257. The molecule has 2 amide bonds. The van der Waals surface area contributed by atoms with Crippen molar-refractivity contribution < 1.29 is 23.8 Å². The van der Waals surface area contributed by atoms with Crippen molar-refractivity contribution in [2.45, 2.75) is 64.5 Å². The summed E-state index contributed by atoms with van der Waals surface area (Å²) in [6.07, 6.45) is 6.31. The first-order valence-electron chi connectivity index (χ1n) is 13.8. The van der Waals surface area contributed by atoms with E-state index in [1.54, 1.807) is 38.7 Å². The minimum absolute atomic E-state index is 0.160. The van der Waals surface area contributed by atoms with Gasteiger partial charge in [0, 0.05) is 57.7 Å². The highest BCUT2D eigenvalue weighted by molar-refractivity contribution is 5.86. The maximum atomic E-state index is 12.7. The minimum atomic E-state index is -0.603. The second kappa shape index (κ2) is 15.6. The molecule has 1 fully saturated rings. The first-order chi connectivity index (χ1) is 19.7. The van der Waals surface area contributed by atoms with Gasteiger partial charge < -0.3 is 30.2 Å². The maximum Gasteiger partial charge on any atom is 0.410 e. The van der Waals surface area contributed by atoms with Crippen LogP contribution in [0.25, 0.3) is 0 Å². The molecule has 0 saturated carbocycles. The highest BCUT2D eigenvalue weighted by Gasteiger charge is 2.36. The number of methoxy groups -OCH3 is 2. The van der Waals surface area contributed by atoms with Crippen molar-refractivity contribution in [2.24, 2.45) is 0 Å². The predicted octanol–water partition coefficient (Wildman–Crippen LogP) is 3.72. The lowest BCUT2D eigenvalue weighted by Gasteiger charge is -2.28. The number of hydrogen-bond acceptors (Lipinski definition) is 10. The van der Waals surface area contributed by atoms with Crippen LogP contribution in [0.1, 0.15) is 58.4 Å². The molecule has 2 aromatic heterocycles. The van der Waals surface area contributed by atoms with E-state index in [4.69, 9.17) is 14.2 Å². The maximum absolute atomic E-state index is 12.7. The molecule has 12 nitrogen and oxygen atoms in total. The van der Waals surface area contributed by atoms with E-state index >= 15 is 0 Å². The molecule has 1 atom stereocenters. The number of carbonyl (C=O) groups excluding carboxylic acids is 2. The monoisotopic (exact) mass is 567 g/mol. The fraction of sp³-hybridized carbons (Fsp3) is 0.552. The predicted molar refractivity (Wildman–Crippen MR) is 156 cm³/mol. The highest BCUT2D eigenvalue weighted by atomic mass is 16.6. The van der Waals surface area contributed by atoms with Crippen LogP contribution in [-0.4, -0.2) is 84.0 Å². The Morgan fingerprint density at radius 2 is 2.00 bits per heavy atom. The average molecular weight is 568 g/mol. The molecule has 12 heteroatoms. The minimum Gasteiger partial charge on any atom is -0.481 e. The molecule has 0 spiro atoms. The van der Waals surface area contributed by atoms with Gasteiger partial charge in [0.05, 0.1) is 18.9 Å². The Morgan fingerprint density at radius 3 is 2.76 bits per heavy atom. The van der Waals surface area contributed by atoms with Gasteiger partial charge >= 0.3 is 6.09 Å². The molecule has 1 aliphatic rings. The molecule has 2 aromatic rings. The first-order valence-corrected chi connectivity index (χ1v) is 13.8. The van der Waals surface area contributed by atoms with E-state index in [1.807, 2.05) is 20.8 Å². The lowest BCUT2D eigenvalue weighted by Crippen LogP contribution is -2.47. The topological polar surface area (TPSA) is 140 Å². The number of aromatic nitrogens is 3. The average Bonchev–Trinajstić information content (AvgIpc) is 3.43. The third-order valence-electron chi connectivity index (χ3n) is 5.99. The zero-order valence-electron chi connectivity index (χ0n) is 24.6. The van der Waals surface area contributed by atoms with Crippen LogP contribution >= 0.6 is 0 Å². The van der Waals surface area contributed by atoms with Crippen molar-refractivity contribution in [2.75, 3.05) is 51.1 Å². The van der Waals surface area contributed by atoms with Crippen molar-refractivity contribution in [3.63, 3.8) is 0 Å². The molecule has 0 radical (unpaired) electrons. The van der Waals surface area contributed by atoms with Crippen molar-refractivity contribution >= 4 is 29.5 Å². The Labute approximate surface area is 242 Å². The molecule has 3 rings (SSSR count). The van der Waals surface area contributed by atoms with E-state index in [0.717, 1.165) is 18.5 Å². The number of amides is 2. The molecule has 222 valence electrons. The van der Waals surface area contributed by atoms with E-state index in [1.165, 1.54) is 4.90 Å². The van der Waals surface area contributed by atoms with E-state index < -0.39 is 17.7 Å². The number of unbranched alkanes of at least 4 members (excludes halogenated alkanes) is 1. The molecule has 0 aromatic carbocycles. The van der Waals surface area contributed by atoms with E-state index in [2.05, 4.69) is 42.7 Å². The number of likely N-dealkylation sites (tertiary alicyclic amines) is 1. The van der Waals surface area contributed by atoms with Crippen LogP contribution in [0.4, 0.5) is 22.2 Å². The molecule has 1 saturated heterocycles. The fourth-order valence-corrected chi connectivity index (χ4v) is 4.06. The van der Waals surface area contributed by atoms with Gasteiger partial charge in [0.15, 0.2) is 0 Å². The van der Waals surface area contributed by atoms with Crippen LogP contribution in [0.15, 0.2) is 24.5 Å². The van der Waals surface area contributed by atoms with Crippen LogP contribution in [-0.2, 0) is 14.3 Å². The third kappa shape index (κ3) is 10.4. The smallest absolute Gasteiger partial charge is 0.410 e. The highest BCUT2D eigenvalue weighted by Crippen LogP contribution is 2.22. The summed E-state index contributed by atoms with van der Waals surface area (Å²) in [7, 11) is 3.22. The number of carbonyl (C=O) groups is 2. The SMILES string of the molecule is COCCCNc1nc(Nc2ccnc(OC)c2)ncc1C#CCCCNC(=O)[C@@H]1CCCN1C(=O)OC(C)(C)C. The van der Waals surface area contributed by atoms with Crippen molar-refractivity contribution in [1.82, 2.24) is 25.2 Å². The Bertz CT molecular complexity index is 1220. The van der Waals surface area contributed by atoms with E-state index in [9.17, 15) is 9.59 Å². The summed E-state index contributed by atoms with van der Waals surface area (Å²) in [6, 6.07) is 3.05. The summed E-state index contributed by atoms with van der Waals surface area (Å²) in [4.78, 5) is 39.8. The molecule has 3 heterocycles. The number of rotatable bonds is 12. The molecule has 0 unspecified atom stereocenters. The van der Waals surface area contributed by atoms with E-state index in [0.29, 0.717) is 68.7 Å². The van der Waals surface area contributed by atoms with Crippen LogP contribution in [0.5, 0.6) is 5.88 Å². The Morgan fingerprint density at radius 1 is 1.17 bits per heavy atom. The largest absolute Gasteiger partial charge is 0.481 e. The Balaban J connectivity index is 1.54. The summed E-state index contributed by atoms with van der Waals surface area (Å²) < 4.78 is 15.8. The first kappa shape index (κ1) is 31.4. The van der Waals surface area contributed by atoms with Crippen LogP contribution in [0.2, 0.25) is 0 Å². The fourth-order valence-electron chi connectivity index (χ4n) is 4.06. The normalized spacial score (nSPS) is 14.6. The van der Waals surface area contributed by atoms with Crippen LogP contribution < -0.4 is 20.7 Å². The van der Waals surface area contributed by atoms with Gasteiger partial charge in [-0.1, -0.05) is 11.8 Å². The molecule has 41 heavy (non-hydrogen) atoms. The van der Waals surface area contributed by atoms with Gasteiger partial charge in [-0.05, 0) is 52.5 Å². The van der Waals surface area contributed by atoms with Crippen LogP contribution in [0.3, 0.4) is 0 Å². The van der Waals surface area contributed by atoms with Gasteiger partial charge in [0.1, 0.15) is 17.5 Å². The number of nitrogens with zero attached hydrogens (tertiary/aromatic N) is 4. The van der Waals surface area contributed by atoms with Gasteiger partial charge in [-0.15, -0.1) is 0 Å². The lowest BCUT2D eigenvalue weighted by molar-refractivity contribution is -0.125. The van der Waals surface area contributed by atoms with Gasteiger partial charge in [0.2, 0.25) is 17.7 Å². The van der Waals surface area contributed by atoms with E-state index in [-0.39, 0.29) is 5.91 Å². The summed E-state index contributed by atoms with van der Waals surface area (Å²) in [6.45, 7) is 7.72. The molecule has 1 aliphatic heterocycles. The molecule has 0 bridgehead atoms. The van der Waals surface area contributed by atoms with Gasteiger partial charge in [-0.2, -0.15) is 4.98 Å². The molecular weight excluding hydrogens is 526 g/mol. The summed E-state index contributed by atoms with van der Waals surface area (Å²) in [5, 5.41) is 9.41. The van der Waals surface area contributed by atoms with Crippen LogP contribution in [0, 0.1) is 11.8 Å². The second-order valence-corrected chi connectivity index (χ2v) is 10.5. The Kier molecular flexibility index (Phi) is 12.0. The zero-order chi connectivity index (χ0) is 29.7. The van der Waals surface area contributed by atoms with Gasteiger partial charge in [-0.3, -0.25) is 9.69 Å². The molecule has 3 N–H and O–H groups in total. The number of ether oxygens (including phenoxy) is 3. The summed E-state index contributed by atoms with van der Waals surface area (Å²) in [5.41, 5.74) is 0.812. The number of pyridine rings is 1. The number of hydrogen-bond donors (Lipinski definition) is 3. The lowest BCUT2D eigenvalue weighted by atomic mass is 10.2. The number of nitrogens with one attached hydrogen (secondary N) is 3. The number of anilines is 3. The van der Waals surface area contributed by atoms with Gasteiger partial charge in [0.25, 0.3) is 0 Å². The second-order valence-electron chi connectivity index (χ2n) is 10.5.